The summed E-state index contributed by atoms with van der Waals surface area (Å²) >= 11 is 6.57. The third-order valence-corrected chi connectivity index (χ3v) is 4.21. The molecule has 0 spiro atoms. The van der Waals surface area contributed by atoms with Gasteiger partial charge in [-0.25, -0.2) is 0 Å². The molecule has 0 fully saturated rings. The van der Waals surface area contributed by atoms with Crippen LogP contribution in [0.5, 0.6) is 0 Å². The summed E-state index contributed by atoms with van der Waals surface area (Å²) < 4.78 is 0. The number of pyridine rings is 1. The lowest BCUT2D eigenvalue weighted by molar-refractivity contribution is 0.594. The van der Waals surface area contributed by atoms with Gasteiger partial charge in [-0.15, -0.1) is 0 Å². The van der Waals surface area contributed by atoms with Gasteiger partial charge in [-0.1, -0.05) is 50.6 Å². The Balaban J connectivity index is 2.39. The maximum absolute atomic E-state index is 6.57. The van der Waals surface area contributed by atoms with Crippen molar-refractivity contribution in [1.82, 2.24) is 4.98 Å². The second-order valence-corrected chi connectivity index (χ2v) is 6.53. The standard InChI is InChI=1S/C16H18ClN/c1-16(2,3)12-8-4-7-11-14(17)10-6-5-9-13(10)18-15(11)12/h4,7-8H,5-6,9H2,1-3H3. The van der Waals surface area contributed by atoms with Crippen LogP contribution in [0.4, 0.5) is 0 Å². The zero-order valence-corrected chi connectivity index (χ0v) is 11.9. The van der Waals surface area contributed by atoms with E-state index in [1.165, 1.54) is 23.2 Å². The molecule has 94 valence electrons. The van der Waals surface area contributed by atoms with Crippen molar-refractivity contribution in [3.8, 4) is 0 Å². The minimum atomic E-state index is 0.0999. The number of aromatic nitrogens is 1. The fraction of sp³-hybridized carbons (Fsp3) is 0.438. The van der Waals surface area contributed by atoms with Crippen molar-refractivity contribution in [3.05, 3.63) is 40.0 Å². The second kappa shape index (κ2) is 3.96. The van der Waals surface area contributed by atoms with Gasteiger partial charge < -0.3 is 0 Å². The first-order valence-corrected chi connectivity index (χ1v) is 6.97. The molecule has 0 radical (unpaired) electrons. The molecule has 0 atom stereocenters. The predicted octanol–water partition coefficient (Wildman–Crippen LogP) is 4.67. The van der Waals surface area contributed by atoms with Crippen molar-refractivity contribution in [1.29, 1.82) is 0 Å². The normalized spacial score (nSPS) is 15.1. The molecular formula is C16H18ClN. The zero-order chi connectivity index (χ0) is 12.9. The molecule has 1 aliphatic rings. The van der Waals surface area contributed by atoms with Crippen molar-refractivity contribution in [2.24, 2.45) is 0 Å². The van der Waals surface area contributed by atoms with Gasteiger partial charge >= 0.3 is 0 Å². The summed E-state index contributed by atoms with van der Waals surface area (Å²) in [6.45, 7) is 6.68. The molecule has 1 aromatic carbocycles. The molecule has 0 unspecified atom stereocenters. The van der Waals surface area contributed by atoms with Crippen molar-refractivity contribution < 1.29 is 0 Å². The fourth-order valence-electron chi connectivity index (χ4n) is 2.83. The van der Waals surface area contributed by atoms with E-state index in [2.05, 4.69) is 39.0 Å². The Morgan fingerprint density at radius 2 is 1.94 bits per heavy atom. The Hall–Kier alpha value is -1.08. The first kappa shape index (κ1) is 12.0. The van der Waals surface area contributed by atoms with Crippen LogP contribution in [0, 0.1) is 0 Å². The lowest BCUT2D eigenvalue weighted by Gasteiger charge is -2.21. The smallest absolute Gasteiger partial charge is 0.0757 e. The van der Waals surface area contributed by atoms with Gasteiger partial charge in [-0.05, 0) is 35.8 Å². The number of nitrogens with zero attached hydrogens (tertiary/aromatic N) is 1. The molecule has 0 saturated carbocycles. The molecule has 0 N–H and O–H groups in total. The van der Waals surface area contributed by atoms with Crippen LogP contribution in [-0.2, 0) is 18.3 Å². The van der Waals surface area contributed by atoms with E-state index in [1.807, 2.05) is 0 Å². The topological polar surface area (TPSA) is 12.9 Å². The lowest BCUT2D eigenvalue weighted by atomic mass is 9.85. The molecule has 0 saturated heterocycles. The second-order valence-electron chi connectivity index (χ2n) is 6.16. The number of hydrogen-bond acceptors (Lipinski definition) is 1. The highest BCUT2D eigenvalue weighted by molar-refractivity contribution is 6.36. The van der Waals surface area contributed by atoms with E-state index in [0.717, 1.165) is 28.8 Å². The van der Waals surface area contributed by atoms with Crippen LogP contribution in [0.3, 0.4) is 0 Å². The molecule has 1 nitrogen and oxygen atoms in total. The minimum absolute atomic E-state index is 0.0999. The Morgan fingerprint density at radius 3 is 2.67 bits per heavy atom. The van der Waals surface area contributed by atoms with Crippen molar-refractivity contribution in [3.63, 3.8) is 0 Å². The molecule has 0 bridgehead atoms. The quantitative estimate of drug-likeness (QED) is 0.670. The number of aryl methyl sites for hydroxylation is 1. The number of halogens is 1. The lowest BCUT2D eigenvalue weighted by Crippen LogP contribution is -2.12. The maximum Gasteiger partial charge on any atom is 0.0757 e. The summed E-state index contributed by atoms with van der Waals surface area (Å²) in [5.74, 6) is 0. The van der Waals surface area contributed by atoms with Gasteiger partial charge in [0.25, 0.3) is 0 Å². The van der Waals surface area contributed by atoms with Gasteiger partial charge in [0, 0.05) is 11.1 Å². The van der Waals surface area contributed by atoms with E-state index in [0.29, 0.717) is 0 Å². The van der Waals surface area contributed by atoms with Crippen molar-refractivity contribution in [2.75, 3.05) is 0 Å². The predicted molar refractivity (Wildman–Crippen MR) is 77.5 cm³/mol. The summed E-state index contributed by atoms with van der Waals surface area (Å²) in [4.78, 5) is 4.90. The highest BCUT2D eigenvalue weighted by Gasteiger charge is 2.23. The fourth-order valence-corrected chi connectivity index (χ4v) is 3.19. The van der Waals surface area contributed by atoms with Gasteiger partial charge in [-0.2, -0.15) is 0 Å². The SMILES string of the molecule is CC(C)(C)c1cccc2c(Cl)c3c(nc12)CCC3. The highest BCUT2D eigenvalue weighted by atomic mass is 35.5. The summed E-state index contributed by atoms with van der Waals surface area (Å²) in [6, 6.07) is 6.36. The third-order valence-electron chi connectivity index (χ3n) is 3.78. The monoisotopic (exact) mass is 259 g/mol. The number of benzene rings is 1. The Bertz CT molecular complexity index is 623. The molecule has 1 aromatic heterocycles. The van der Waals surface area contributed by atoms with Gasteiger partial charge in [0.15, 0.2) is 0 Å². The summed E-state index contributed by atoms with van der Waals surface area (Å²) in [7, 11) is 0. The molecule has 1 heterocycles. The van der Waals surface area contributed by atoms with Gasteiger partial charge in [0.1, 0.15) is 0 Å². The van der Waals surface area contributed by atoms with E-state index in [9.17, 15) is 0 Å². The van der Waals surface area contributed by atoms with E-state index in [-0.39, 0.29) is 5.41 Å². The summed E-state index contributed by atoms with van der Waals surface area (Å²) in [6.07, 6.45) is 3.34. The van der Waals surface area contributed by atoms with Crippen LogP contribution in [0.15, 0.2) is 18.2 Å². The molecule has 18 heavy (non-hydrogen) atoms. The molecule has 1 aliphatic carbocycles. The van der Waals surface area contributed by atoms with E-state index < -0.39 is 0 Å². The Labute approximate surface area is 113 Å². The van der Waals surface area contributed by atoms with Gasteiger partial charge in [0.2, 0.25) is 0 Å². The minimum Gasteiger partial charge on any atom is -0.252 e. The number of rotatable bonds is 0. The highest BCUT2D eigenvalue weighted by Crippen LogP contribution is 2.37. The summed E-state index contributed by atoms with van der Waals surface area (Å²) in [5.41, 5.74) is 4.97. The maximum atomic E-state index is 6.57. The van der Waals surface area contributed by atoms with E-state index in [1.54, 1.807) is 0 Å². The van der Waals surface area contributed by atoms with E-state index >= 15 is 0 Å². The average molecular weight is 260 g/mol. The Kier molecular flexibility index (Phi) is 2.63. The molecule has 2 heteroatoms. The van der Waals surface area contributed by atoms with Crippen LogP contribution >= 0.6 is 11.6 Å². The largest absolute Gasteiger partial charge is 0.252 e. The van der Waals surface area contributed by atoms with Crippen LogP contribution in [0.2, 0.25) is 5.02 Å². The number of para-hydroxylation sites is 1. The van der Waals surface area contributed by atoms with Crippen molar-refractivity contribution >= 4 is 22.5 Å². The first-order valence-electron chi connectivity index (χ1n) is 6.59. The third kappa shape index (κ3) is 1.73. The molecular weight excluding hydrogens is 242 g/mol. The van der Waals surface area contributed by atoms with Crippen LogP contribution in [0.1, 0.15) is 44.0 Å². The number of fused-ring (bicyclic) bond motifs is 2. The molecule has 0 aliphatic heterocycles. The molecule has 0 amide bonds. The molecule has 3 rings (SSSR count). The Morgan fingerprint density at radius 1 is 1.17 bits per heavy atom. The van der Waals surface area contributed by atoms with Gasteiger partial charge in [-0.3, -0.25) is 4.98 Å². The van der Waals surface area contributed by atoms with E-state index in [4.69, 9.17) is 16.6 Å². The number of hydrogen-bond donors (Lipinski definition) is 0. The van der Waals surface area contributed by atoms with Crippen LogP contribution in [0.25, 0.3) is 10.9 Å². The van der Waals surface area contributed by atoms with Crippen LogP contribution < -0.4 is 0 Å². The molecule has 2 aromatic rings. The summed E-state index contributed by atoms with van der Waals surface area (Å²) in [5, 5.41) is 2.04. The first-order chi connectivity index (χ1) is 8.48. The van der Waals surface area contributed by atoms with Crippen LogP contribution in [-0.4, -0.2) is 4.98 Å². The van der Waals surface area contributed by atoms with Crippen molar-refractivity contribution in [2.45, 2.75) is 45.4 Å². The average Bonchev–Trinajstić information content (AvgIpc) is 2.75. The zero-order valence-electron chi connectivity index (χ0n) is 11.2. The van der Waals surface area contributed by atoms with Gasteiger partial charge in [0.05, 0.1) is 10.5 Å².